The number of imidazole rings is 1. The molecule has 1 aromatic heterocycles. The summed E-state index contributed by atoms with van der Waals surface area (Å²) in [7, 11) is -3.88. The topological polar surface area (TPSA) is 72.2 Å². The van der Waals surface area contributed by atoms with Crippen molar-refractivity contribution in [2.75, 3.05) is 5.75 Å². The number of benzene rings is 1. The van der Waals surface area contributed by atoms with Crippen LogP contribution in [0.3, 0.4) is 0 Å². The number of hydrogen-bond donors (Lipinski definition) is 1. The third-order valence-electron chi connectivity index (χ3n) is 2.63. The average Bonchev–Trinajstić information content (AvgIpc) is 2.54. The van der Waals surface area contributed by atoms with Gasteiger partial charge in [-0.1, -0.05) is 12.1 Å². The number of aryl methyl sites for hydroxylation is 2. The average molecular weight is 254 g/mol. The number of para-hydroxylation sites is 2. The Bertz CT molecular complexity index is 631. The first-order valence-corrected chi connectivity index (χ1v) is 6.95. The Morgan fingerprint density at radius 1 is 1.35 bits per heavy atom. The maximum Gasteiger partial charge on any atom is 0.264 e. The Morgan fingerprint density at radius 2 is 2.06 bits per heavy atom. The minimum absolute atomic E-state index is 0.223. The zero-order chi connectivity index (χ0) is 12.5. The van der Waals surface area contributed by atoms with E-state index in [1.807, 2.05) is 35.8 Å². The van der Waals surface area contributed by atoms with Crippen LogP contribution in [0.1, 0.15) is 12.2 Å². The van der Waals surface area contributed by atoms with Crippen LogP contribution in [-0.4, -0.2) is 28.3 Å². The normalized spacial score (nSPS) is 12.1. The maximum absolute atomic E-state index is 10.6. The van der Waals surface area contributed by atoms with Gasteiger partial charge in [0, 0.05) is 6.54 Å². The molecule has 0 aliphatic rings. The van der Waals surface area contributed by atoms with Crippen LogP contribution >= 0.6 is 0 Å². The van der Waals surface area contributed by atoms with E-state index in [0.29, 0.717) is 13.0 Å². The molecule has 0 saturated carbocycles. The molecule has 0 fully saturated rings. The first-order valence-electron chi connectivity index (χ1n) is 5.34. The van der Waals surface area contributed by atoms with Crippen molar-refractivity contribution in [2.45, 2.75) is 19.9 Å². The molecule has 0 atom stereocenters. The van der Waals surface area contributed by atoms with Crippen molar-refractivity contribution >= 4 is 21.2 Å². The largest absolute Gasteiger partial charge is 0.328 e. The smallest absolute Gasteiger partial charge is 0.264 e. The molecule has 0 spiro atoms. The number of aromatic nitrogens is 2. The monoisotopic (exact) mass is 254 g/mol. The SMILES string of the molecule is Cc1nc2ccccc2n1CCCS(=O)(=O)O. The van der Waals surface area contributed by atoms with E-state index in [0.717, 1.165) is 16.9 Å². The molecular weight excluding hydrogens is 240 g/mol. The summed E-state index contributed by atoms with van der Waals surface area (Å²) in [5.74, 6) is 0.625. The van der Waals surface area contributed by atoms with Gasteiger partial charge in [0.25, 0.3) is 10.1 Å². The van der Waals surface area contributed by atoms with Crippen molar-refractivity contribution in [3.05, 3.63) is 30.1 Å². The fourth-order valence-electron chi connectivity index (χ4n) is 1.88. The lowest BCUT2D eigenvalue weighted by molar-refractivity contribution is 0.478. The highest BCUT2D eigenvalue weighted by Crippen LogP contribution is 2.15. The Hall–Kier alpha value is -1.40. The van der Waals surface area contributed by atoms with Crippen LogP contribution in [0.4, 0.5) is 0 Å². The minimum Gasteiger partial charge on any atom is -0.328 e. The molecule has 2 rings (SSSR count). The zero-order valence-electron chi connectivity index (χ0n) is 9.50. The van der Waals surface area contributed by atoms with Crippen molar-refractivity contribution < 1.29 is 13.0 Å². The lowest BCUT2D eigenvalue weighted by Crippen LogP contribution is -2.08. The Labute approximate surface area is 99.8 Å². The van der Waals surface area contributed by atoms with E-state index in [1.54, 1.807) is 0 Å². The van der Waals surface area contributed by atoms with Gasteiger partial charge in [0.15, 0.2) is 0 Å². The van der Waals surface area contributed by atoms with Gasteiger partial charge in [-0.2, -0.15) is 8.42 Å². The summed E-state index contributed by atoms with van der Waals surface area (Å²) in [5, 5.41) is 0. The molecule has 0 unspecified atom stereocenters. The van der Waals surface area contributed by atoms with E-state index in [1.165, 1.54) is 0 Å². The van der Waals surface area contributed by atoms with Crippen molar-refractivity contribution in [1.29, 1.82) is 0 Å². The predicted octanol–water partition coefficient (Wildman–Crippen LogP) is 1.62. The Morgan fingerprint density at radius 3 is 2.76 bits per heavy atom. The van der Waals surface area contributed by atoms with Crippen LogP contribution in [0.5, 0.6) is 0 Å². The van der Waals surface area contributed by atoms with E-state index in [2.05, 4.69) is 4.98 Å². The number of hydrogen-bond acceptors (Lipinski definition) is 3. The van der Waals surface area contributed by atoms with Gasteiger partial charge in [-0.05, 0) is 25.5 Å². The molecular formula is C11H14N2O3S. The van der Waals surface area contributed by atoms with Crippen LogP contribution < -0.4 is 0 Å². The summed E-state index contributed by atoms with van der Waals surface area (Å²) >= 11 is 0. The Balaban J connectivity index is 2.21. The Kier molecular flexibility index (Phi) is 3.17. The molecule has 0 amide bonds. The van der Waals surface area contributed by atoms with Crippen LogP contribution in [0.15, 0.2) is 24.3 Å². The van der Waals surface area contributed by atoms with Crippen LogP contribution in [0.2, 0.25) is 0 Å². The number of rotatable bonds is 4. The summed E-state index contributed by atoms with van der Waals surface area (Å²) in [6.07, 6.45) is 0.375. The quantitative estimate of drug-likeness (QED) is 0.841. The van der Waals surface area contributed by atoms with Gasteiger partial charge in [0.1, 0.15) is 5.82 Å². The summed E-state index contributed by atoms with van der Waals surface area (Å²) in [6, 6.07) is 7.70. The van der Waals surface area contributed by atoms with E-state index in [4.69, 9.17) is 4.55 Å². The number of fused-ring (bicyclic) bond motifs is 1. The lowest BCUT2D eigenvalue weighted by atomic mass is 10.3. The van der Waals surface area contributed by atoms with Gasteiger partial charge in [-0.3, -0.25) is 4.55 Å². The van der Waals surface area contributed by atoms with Gasteiger partial charge in [-0.15, -0.1) is 0 Å². The third kappa shape index (κ3) is 2.83. The van der Waals surface area contributed by atoms with Gasteiger partial charge in [0.05, 0.1) is 16.8 Å². The maximum atomic E-state index is 10.6. The highest BCUT2D eigenvalue weighted by Gasteiger charge is 2.08. The molecule has 6 heteroatoms. The van der Waals surface area contributed by atoms with E-state index >= 15 is 0 Å². The zero-order valence-corrected chi connectivity index (χ0v) is 10.3. The molecule has 5 nitrogen and oxygen atoms in total. The molecule has 1 N–H and O–H groups in total. The molecule has 0 aliphatic carbocycles. The van der Waals surface area contributed by atoms with Gasteiger partial charge in [-0.25, -0.2) is 4.98 Å². The fraction of sp³-hybridized carbons (Fsp3) is 0.364. The molecule has 0 saturated heterocycles. The minimum atomic E-state index is -3.88. The van der Waals surface area contributed by atoms with Crippen molar-refractivity contribution in [1.82, 2.24) is 9.55 Å². The standard InChI is InChI=1S/C11H14N2O3S/c1-9-12-10-5-2-3-6-11(10)13(9)7-4-8-17(14,15)16/h2-3,5-6H,4,7-8H2,1H3,(H,14,15,16). The van der Waals surface area contributed by atoms with Gasteiger partial charge < -0.3 is 4.57 Å². The van der Waals surface area contributed by atoms with E-state index < -0.39 is 10.1 Å². The molecule has 0 radical (unpaired) electrons. The van der Waals surface area contributed by atoms with Crippen molar-refractivity contribution in [3.8, 4) is 0 Å². The summed E-state index contributed by atoms with van der Waals surface area (Å²) in [6.45, 7) is 2.42. The van der Waals surface area contributed by atoms with Gasteiger partial charge in [0.2, 0.25) is 0 Å². The molecule has 1 aromatic carbocycles. The summed E-state index contributed by atoms with van der Waals surface area (Å²) < 4.78 is 31.9. The highest BCUT2D eigenvalue weighted by atomic mass is 32.2. The van der Waals surface area contributed by atoms with E-state index in [9.17, 15) is 8.42 Å². The van der Waals surface area contributed by atoms with Crippen LogP contribution in [0.25, 0.3) is 11.0 Å². The molecule has 92 valence electrons. The van der Waals surface area contributed by atoms with Crippen molar-refractivity contribution in [3.63, 3.8) is 0 Å². The third-order valence-corrected chi connectivity index (χ3v) is 3.43. The summed E-state index contributed by atoms with van der Waals surface area (Å²) in [4.78, 5) is 4.38. The first-order chi connectivity index (χ1) is 7.97. The van der Waals surface area contributed by atoms with Gasteiger partial charge >= 0.3 is 0 Å². The first kappa shape index (κ1) is 12.1. The molecule has 0 aliphatic heterocycles. The van der Waals surface area contributed by atoms with Crippen molar-refractivity contribution in [2.24, 2.45) is 0 Å². The fourth-order valence-corrected chi connectivity index (χ4v) is 2.38. The second-order valence-corrected chi connectivity index (χ2v) is 5.51. The molecule has 17 heavy (non-hydrogen) atoms. The number of nitrogens with zero attached hydrogens (tertiary/aromatic N) is 2. The van der Waals surface area contributed by atoms with Crippen LogP contribution in [0, 0.1) is 6.92 Å². The lowest BCUT2D eigenvalue weighted by Gasteiger charge is -2.05. The summed E-state index contributed by atoms with van der Waals surface area (Å²) in [5.41, 5.74) is 1.89. The second-order valence-electron chi connectivity index (χ2n) is 3.94. The molecule has 2 aromatic rings. The molecule has 1 heterocycles. The predicted molar refractivity (Wildman–Crippen MR) is 65.5 cm³/mol. The molecule has 0 bridgehead atoms. The second kappa shape index (κ2) is 4.46. The highest BCUT2D eigenvalue weighted by molar-refractivity contribution is 7.85. The van der Waals surface area contributed by atoms with E-state index in [-0.39, 0.29) is 5.75 Å². The van der Waals surface area contributed by atoms with Crippen LogP contribution in [-0.2, 0) is 16.7 Å².